The summed E-state index contributed by atoms with van der Waals surface area (Å²) in [4.78, 5) is 15.3. The minimum Gasteiger partial charge on any atom is -0.327 e. The molecule has 0 radical (unpaired) electrons. The lowest BCUT2D eigenvalue weighted by atomic mass is 10.1. The van der Waals surface area contributed by atoms with E-state index in [0.717, 1.165) is 32.2 Å². The fourth-order valence-corrected chi connectivity index (χ4v) is 3.05. The minimum absolute atomic E-state index is 0.291. The number of halogens is 1. The zero-order valence-corrected chi connectivity index (χ0v) is 10.6. The SMILES string of the molecule is O=C(Cl)N1CCN(C2CCCCCC2)CC1. The predicted octanol–water partition coefficient (Wildman–Crippen LogP) is 2.69. The van der Waals surface area contributed by atoms with Gasteiger partial charge in [0.1, 0.15) is 0 Å². The summed E-state index contributed by atoms with van der Waals surface area (Å²) in [6, 6.07) is 0.759. The number of piperazine rings is 1. The Hall–Kier alpha value is -0.280. The zero-order valence-electron chi connectivity index (χ0n) is 9.83. The van der Waals surface area contributed by atoms with E-state index in [1.54, 1.807) is 4.90 Å². The zero-order chi connectivity index (χ0) is 11.4. The largest absolute Gasteiger partial charge is 0.327 e. The average molecular weight is 245 g/mol. The highest BCUT2D eigenvalue weighted by molar-refractivity contribution is 6.62. The van der Waals surface area contributed by atoms with Gasteiger partial charge in [0.05, 0.1) is 0 Å². The molecule has 0 bridgehead atoms. The van der Waals surface area contributed by atoms with Gasteiger partial charge in [-0.3, -0.25) is 9.69 Å². The van der Waals surface area contributed by atoms with Gasteiger partial charge in [0.2, 0.25) is 0 Å². The molecule has 4 heteroatoms. The third-order valence-corrected chi connectivity index (χ3v) is 4.14. The molecule has 16 heavy (non-hydrogen) atoms. The van der Waals surface area contributed by atoms with Crippen molar-refractivity contribution in [2.45, 2.75) is 44.6 Å². The Kier molecular flexibility index (Phi) is 4.47. The van der Waals surface area contributed by atoms with Crippen LogP contribution < -0.4 is 0 Å². The van der Waals surface area contributed by atoms with Crippen molar-refractivity contribution in [2.75, 3.05) is 26.2 Å². The van der Waals surface area contributed by atoms with Gasteiger partial charge in [-0.25, -0.2) is 0 Å². The Labute approximate surface area is 103 Å². The third-order valence-electron chi connectivity index (χ3n) is 3.90. The average Bonchev–Trinajstić information content (AvgIpc) is 2.57. The lowest BCUT2D eigenvalue weighted by molar-refractivity contribution is 0.108. The molecule has 0 unspecified atom stereocenters. The van der Waals surface area contributed by atoms with E-state index in [4.69, 9.17) is 11.6 Å². The maximum atomic E-state index is 11.0. The van der Waals surface area contributed by atoms with E-state index in [1.165, 1.54) is 38.5 Å². The second kappa shape index (κ2) is 5.87. The molecule has 1 heterocycles. The number of rotatable bonds is 1. The molecule has 2 rings (SSSR count). The summed E-state index contributed by atoms with van der Waals surface area (Å²) in [7, 11) is 0. The Balaban J connectivity index is 1.81. The van der Waals surface area contributed by atoms with Crippen LogP contribution in [0.3, 0.4) is 0 Å². The van der Waals surface area contributed by atoms with Crippen LogP contribution in [0.1, 0.15) is 38.5 Å². The van der Waals surface area contributed by atoms with Crippen molar-refractivity contribution in [3.8, 4) is 0 Å². The van der Waals surface area contributed by atoms with E-state index < -0.39 is 0 Å². The first-order chi connectivity index (χ1) is 7.77. The Morgan fingerprint density at radius 1 is 0.938 bits per heavy atom. The molecule has 0 aromatic heterocycles. The standard InChI is InChI=1S/C12H21ClN2O/c13-12(16)15-9-7-14(8-10-15)11-5-3-1-2-4-6-11/h11H,1-10H2. The Bertz CT molecular complexity index is 231. The van der Waals surface area contributed by atoms with Crippen LogP contribution in [0.5, 0.6) is 0 Å². The second-order valence-electron chi connectivity index (χ2n) is 4.92. The molecule has 3 nitrogen and oxygen atoms in total. The molecule has 1 aliphatic heterocycles. The fraction of sp³-hybridized carbons (Fsp3) is 0.917. The number of hydrogen-bond donors (Lipinski definition) is 0. The van der Waals surface area contributed by atoms with Crippen LogP contribution in [0.4, 0.5) is 4.79 Å². The number of carbonyl (C=O) groups excluding carboxylic acids is 1. The maximum absolute atomic E-state index is 11.0. The van der Waals surface area contributed by atoms with Crippen LogP contribution in [-0.2, 0) is 0 Å². The lowest BCUT2D eigenvalue weighted by Crippen LogP contribution is -2.50. The van der Waals surface area contributed by atoms with Crippen molar-refractivity contribution in [1.82, 2.24) is 9.80 Å². The van der Waals surface area contributed by atoms with Gasteiger partial charge in [0, 0.05) is 32.2 Å². The second-order valence-corrected chi connectivity index (χ2v) is 5.24. The Morgan fingerprint density at radius 3 is 2.00 bits per heavy atom. The van der Waals surface area contributed by atoms with Gasteiger partial charge in [-0.15, -0.1) is 0 Å². The maximum Gasteiger partial charge on any atom is 0.316 e. The van der Waals surface area contributed by atoms with Crippen LogP contribution in [0.15, 0.2) is 0 Å². The molecule has 1 saturated heterocycles. The molecule has 1 aliphatic carbocycles. The van der Waals surface area contributed by atoms with Gasteiger partial charge in [0.15, 0.2) is 0 Å². The van der Waals surface area contributed by atoms with E-state index in [2.05, 4.69) is 4.90 Å². The highest BCUT2D eigenvalue weighted by atomic mass is 35.5. The molecular formula is C12H21ClN2O. The molecule has 2 aliphatic rings. The van der Waals surface area contributed by atoms with E-state index >= 15 is 0 Å². The monoisotopic (exact) mass is 244 g/mol. The third kappa shape index (κ3) is 3.11. The molecule has 0 N–H and O–H groups in total. The van der Waals surface area contributed by atoms with E-state index in [0.29, 0.717) is 0 Å². The summed E-state index contributed by atoms with van der Waals surface area (Å²) < 4.78 is 0. The first kappa shape index (κ1) is 12.2. The summed E-state index contributed by atoms with van der Waals surface area (Å²) in [6.07, 6.45) is 8.23. The molecule has 0 spiro atoms. The van der Waals surface area contributed by atoms with E-state index in [9.17, 15) is 4.79 Å². The van der Waals surface area contributed by atoms with Gasteiger partial charge in [0.25, 0.3) is 0 Å². The number of nitrogens with zero attached hydrogens (tertiary/aromatic N) is 2. The topological polar surface area (TPSA) is 23.6 Å². The van der Waals surface area contributed by atoms with Crippen molar-refractivity contribution in [3.05, 3.63) is 0 Å². The molecule has 0 aromatic rings. The molecule has 92 valence electrons. The first-order valence-electron chi connectivity index (χ1n) is 6.46. The van der Waals surface area contributed by atoms with Crippen molar-refractivity contribution >= 4 is 17.0 Å². The van der Waals surface area contributed by atoms with Gasteiger partial charge >= 0.3 is 5.37 Å². The first-order valence-corrected chi connectivity index (χ1v) is 6.83. The number of carbonyl (C=O) groups is 1. The highest BCUT2D eigenvalue weighted by Gasteiger charge is 2.25. The summed E-state index contributed by atoms with van der Waals surface area (Å²) in [5.41, 5.74) is 0. The molecular weight excluding hydrogens is 224 g/mol. The number of hydrogen-bond acceptors (Lipinski definition) is 2. The predicted molar refractivity (Wildman–Crippen MR) is 65.9 cm³/mol. The summed E-state index contributed by atoms with van der Waals surface area (Å²) >= 11 is 5.48. The van der Waals surface area contributed by atoms with Gasteiger partial charge < -0.3 is 4.90 Å². The van der Waals surface area contributed by atoms with E-state index in [1.807, 2.05) is 0 Å². The highest BCUT2D eigenvalue weighted by Crippen LogP contribution is 2.23. The van der Waals surface area contributed by atoms with Crippen molar-refractivity contribution in [2.24, 2.45) is 0 Å². The molecule has 0 atom stereocenters. The fourth-order valence-electron chi connectivity index (χ4n) is 2.89. The summed E-state index contributed by atoms with van der Waals surface area (Å²) in [6.45, 7) is 3.62. The molecule has 1 amide bonds. The summed E-state index contributed by atoms with van der Waals surface area (Å²) in [5.74, 6) is 0. The molecule has 2 fully saturated rings. The van der Waals surface area contributed by atoms with Crippen LogP contribution in [0, 0.1) is 0 Å². The van der Waals surface area contributed by atoms with Crippen molar-refractivity contribution in [3.63, 3.8) is 0 Å². The normalized spacial score (nSPS) is 25.4. The van der Waals surface area contributed by atoms with Crippen molar-refractivity contribution in [1.29, 1.82) is 0 Å². The van der Waals surface area contributed by atoms with Gasteiger partial charge in [-0.05, 0) is 24.4 Å². The molecule has 0 aromatic carbocycles. The molecule has 1 saturated carbocycles. The van der Waals surface area contributed by atoms with Crippen LogP contribution in [-0.4, -0.2) is 47.4 Å². The summed E-state index contributed by atoms with van der Waals surface area (Å²) in [5, 5.41) is -0.291. The lowest BCUT2D eigenvalue weighted by Gasteiger charge is -2.38. The van der Waals surface area contributed by atoms with Gasteiger partial charge in [-0.2, -0.15) is 0 Å². The van der Waals surface area contributed by atoms with Crippen LogP contribution in [0.25, 0.3) is 0 Å². The van der Waals surface area contributed by atoms with Crippen LogP contribution >= 0.6 is 11.6 Å². The quantitative estimate of drug-likeness (QED) is 0.402. The Morgan fingerprint density at radius 2 is 1.50 bits per heavy atom. The van der Waals surface area contributed by atoms with Crippen molar-refractivity contribution < 1.29 is 4.79 Å². The minimum atomic E-state index is -0.291. The van der Waals surface area contributed by atoms with Crippen LogP contribution in [0.2, 0.25) is 0 Å². The number of amides is 1. The van der Waals surface area contributed by atoms with E-state index in [-0.39, 0.29) is 5.37 Å². The van der Waals surface area contributed by atoms with Gasteiger partial charge in [-0.1, -0.05) is 25.7 Å². The smallest absolute Gasteiger partial charge is 0.316 e.